The molecule has 40 heavy (non-hydrogen) atoms. The Labute approximate surface area is 232 Å². The van der Waals surface area contributed by atoms with Crippen LogP contribution in [0.2, 0.25) is 0 Å². The van der Waals surface area contributed by atoms with Crippen LogP contribution >= 0.6 is 0 Å². The maximum Gasteiger partial charge on any atom is 0.187 e. The monoisotopic (exact) mass is 584 g/mol. The normalized spacial score (nSPS) is 45.2. The molecule has 0 amide bonds. The van der Waals surface area contributed by atoms with Crippen LogP contribution in [0.1, 0.15) is 32.6 Å². The van der Waals surface area contributed by atoms with Gasteiger partial charge in [-0.1, -0.05) is 32.3 Å². The lowest BCUT2D eigenvalue weighted by Crippen LogP contribution is -2.65. The molecule has 15 atom stereocenters. The predicted molar refractivity (Wildman–Crippen MR) is 132 cm³/mol. The molecule has 0 spiro atoms. The molecule has 3 aliphatic heterocycles. The molecular formula is C25H44O15. The van der Waals surface area contributed by atoms with Crippen LogP contribution in [0.25, 0.3) is 0 Å². The fraction of sp³-hybridized carbons (Fsp3) is 0.920. The first-order valence-electron chi connectivity index (χ1n) is 13.6. The number of ether oxygens (including phenoxy) is 6. The van der Waals surface area contributed by atoms with Crippen molar-refractivity contribution >= 4 is 0 Å². The Hall–Kier alpha value is -0.860. The summed E-state index contributed by atoms with van der Waals surface area (Å²) in [7, 11) is 0. The quantitative estimate of drug-likeness (QED) is 0.0746. The molecule has 0 aromatic rings. The molecule has 0 bridgehead atoms. The summed E-state index contributed by atoms with van der Waals surface area (Å²) in [4.78, 5) is 0. The molecule has 9 N–H and O–H groups in total. The van der Waals surface area contributed by atoms with Gasteiger partial charge >= 0.3 is 0 Å². The Bertz CT molecular complexity index is 758. The Balaban J connectivity index is 1.75. The second-order valence-electron chi connectivity index (χ2n) is 10.3. The van der Waals surface area contributed by atoms with Gasteiger partial charge in [-0.15, -0.1) is 6.58 Å². The fourth-order valence-corrected chi connectivity index (χ4v) is 4.76. The van der Waals surface area contributed by atoms with Gasteiger partial charge in [-0.25, -0.2) is 0 Å². The van der Waals surface area contributed by atoms with Crippen molar-refractivity contribution in [2.45, 2.75) is 125 Å². The SMILES string of the molecule is C=CC(CCCCC)OC1OC(COC2OCC(O)C(O)C2O)C(O)C(O)C1OC1OC(CO)C(O)C(O)C1O. The summed E-state index contributed by atoms with van der Waals surface area (Å²) in [5.74, 6) is 0. The van der Waals surface area contributed by atoms with Gasteiger partial charge in [0.2, 0.25) is 0 Å². The third kappa shape index (κ3) is 7.94. The first-order chi connectivity index (χ1) is 19.0. The molecule has 15 nitrogen and oxygen atoms in total. The Morgan fingerprint density at radius 1 is 0.800 bits per heavy atom. The standard InChI is InChI=1S/C25H44O15/c1-3-5-6-7-11(4-2)37-25-22(40-24-21(34)18(31)16(29)13(8-26)38-24)19(32)17(30)14(39-25)10-36-23-20(33)15(28)12(27)9-35-23/h4,11-34H,2-3,5-10H2,1H3. The van der Waals surface area contributed by atoms with E-state index in [0.29, 0.717) is 6.42 Å². The largest absolute Gasteiger partial charge is 0.394 e. The predicted octanol–water partition coefficient (Wildman–Crippen LogP) is -3.77. The minimum atomic E-state index is -1.78. The molecule has 15 heteroatoms. The molecule has 3 saturated heterocycles. The van der Waals surface area contributed by atoms with Crippen LogP contribution in [0, 0.1) is 0 Å². The molecule has 0 aliphatic carbocycles. The molecule has 3 aliphatic rings. The summed E-state index contributed by atoms with van der Waals surface area (Å²) in [5, 5.41) is 91.6. The zero-order chi connectivity index (χ0) is 29.6. The van der Waals surface area contributed by atoms with Crippen LogP contribution in [0.15, 0.2) is 12.7 Å². The molecule has 3 heterocycles. The van der Waals surface area contributed by atoms with Crippen LogP contribution in [0.5, 0.6) is 0 Å². The average molecular weight is 585 g/mol. The van der Waals surface area contributed by atoms with E-state index in [2.05, 4.69) is 6.58 Å². The van der Waals surface area contributed by atoms with E-state index in [1.54, 1.807) is 0 Å². The number of hydrogen-bond acceptors (Lipinski definition) is 15. The van der Waals surface area contributed by atoms with E-state index in [9.17, 15) is 46.0 Å². The zero-order valence-electron chi connectivity index (χ0n) is 22.4. The molecule has 3 fully saturated rings. The number of rotatable bonds is 13. The number of aliphatic hydroxyl groups is 9. The van der Waals surface area contributed by atoms with Gasteiger partial charge < -0.3 is 74.4 Å². The topological polar surface area (TPSA) is 237 Å². The zero-order valence-corrected chi connectivity index (χ0v) is 22.4. The van der Waals surface area contributed by atoms with Gasteiger partial charge in [0, 0.05) is 0 Å². The van der Waals surface area contributed by atoms with Gasteiger partial charge in [0.1, 0.15) is 67.1 Å². The van der Waals surface area contributed by atoms with E-state index in [1.807, 2.05) is 6.92 Å². The number of hydrogen-bond donors (Lipinski definition) is 9. The average Bonchev–Trinajstić information content (AvgIpc) is 2.95. The van der Waals surface area contributed by atoms with Crippen LogP contribution in [-0.2, 0) is 28.4 Å². The minimum Gasteiger partial charge on any atom is -0.394 e. The summed E-state index contributed by atoms with van der Waals surface area (Å²) in [6.07, 6.45) is -17.2. The second-order valence-corrected chi connectivity index (χ2v) is 10.3. The van der Waals surface area contributed by atoms with Crippen molar-refractivity contribution in [1.29, 1.82) is 0 Å². The Morgan fingerprint density at radius 3 is 2.10 bits per heavy atom. The molecule has 0 saturated carbocycles. The highest BCUT2D eigenvalue weighted by atomic mass is 16.8. The van der Waals surface area contributed by atoms with Crippen molar-refractivity contribution < 1.29 is 74.4 Å². The summed E-state index contributed by atoms with van der Waals surface area (Å²) in [6, 6.07) is 0. The van der Waals surface area contributed by atoms with E-state index in [-0.39, 0.29) is 6.61 Å². The van der Waals surface area contributed by atoms with Crippen LogP contribution in [0.3, 0.4) is 0 Å². The van der Waals surface area contributed by atoms with Gasteiger partial charge in [0.15, 0.2) is 18.9 Å². The molecular weight excluding hydrogens is 540 g/mol. The minimum absolute atomic E-state index is 0.306. The molecule has 3 rings (SSSR count). The first kappa shape index (κ1) is 33.6. The van der Waals surface area contributed by atoms with Gasteiger partial charge in [-0.05, 0) is 6.42 Å². The molecule has 15 unspecified atom stereocenters. The van der Waals surface area contributed by atoms with Gasteiger partial charge in [0.25, 0.3) is 0 Å². The highest BCUT2D eigenvalue weighted by molar-refractivity contribution is 4.95. The highest BCUT2D eigenvalue weighted by Crippen LogP contribution is 2.31. The third-order valence-electron chi connectivity index (χ3n) is 7.33. The Morgan fingerprint density at radius 2 is 1.45 bits per heavy atom. The van der Waals surface area contributed by atoms with Crippen molar-refractivity contribution in [3.63, 3.8) is 0 Å². The summed E-state index contributed by atoms with van der Waals surface area (Å²) < 4.78 is 33.7. The maximum atomic E-state index is 11.0. The van der Waals surface area contributed by atoms with Gasteiger partial charge in [0.05, 0.1) is 25.9 Å². The summed E-state index contributed by atoms with van der Waals surface area (Å²) in [6.45, 7) is 4.36. The van der Waals surface area contributed by atoms with Crippen LogP contribution < -0.4 is 0 Å². The molecule has 0 aromatic carbocycles. The van der Waals surface area contributed by atoms with E-state index in [1.165, 1.54) is 6.08 Å². The van der Waals surface area contributed by atoms with Crippen molar-refractivity contribution in [3.05, 3.63) is 12.7 Å². The van der Waals surface area contributed by atoms with Crippen LogP contribution in [0.4, 0.5) is 0 Å². The summed E-state index contributed by atoms with van der Waals surface area (Å²) in [5.41, 5.74) is 0. The van der Waals surface area contributed by atoms with E-state index >= 15 is 0 Å². The number of unbranched alkanes of at least 4 members (excludes halogenated alkanes) is 2. The third-order valence-corrected chi connectivity index (χ3v) is 7.33. The lowest BCUT2D eigenvalue weighted by atomic mass is 9.97. The Kier molecular flexibility index (Phi) is 13.1. The first-order valence-corrected chi connectivity index (χ1v) is 13.6. The van der Waals surface area contributed by atoms with Crippen molar-refractivity contribution in [2.24, 2.45) is 0 Å². The van der Waals surface area contributed by atoms with E-state index < -0.39 is 105 Å². The maximum absolute atomic E-state index is 11.0. The molecule has 234 valence electrons. The van der Waals surface area contributed by atoms with Crippen molar-refractivity contribution in [1.82, 2.24) is 0 Å². The smallest absolute Gasteiger partial charge is 0.187 e. The fourth-order valence-electron chi connectivity index (χ4n) is 4.76. The van der Waals surface area contributed by atoms with Crippen LogP contribution in [-0.4, -0.2) is 158 Å². The van der Waals surface area contributed by atoms with E-state index in [4.69, 9.17) is 28.4 Å². The van der Waals surface area contributed by atoms with Crippen molar-refractivity contribution in [2.75, 3.05) is 19.8 Å². The second kappa shape index (κ2) is 15.6. The highest BCUT2D eigenvalue weighted by Gasteiger charge is 2.51. The summed E-state index contributed by atoms with van der Waals surface area (Å²) >= 11 is 0. The lowest BCUT2D eigenvalue weighted by Gasteiger charge is -2.46. The van der Waals surface area contributed by atoms with E-state index in [0.717, 1.165) is 19.3 Å². The van der Waals surface area contributed by atoms with Gasteiger partial charge in [-0.3, -0.25) is 0 Å². The molecule has 0 aromatic heterocycles. The van der Waals surface area contributed by atoms with Gasteiger partial charge in [-0.2, -0.15) is 0 Å². The molecule has 0 radical (unpaired) electrons. The van der Waals surface area contributed by atoms with Crippen molar-refractivity contribution in [3.8, 4) is 0 Å². The number of aliphatic hydroxyl groups excluding tert-OH is 9. The lowest BCUT2D eigenvalue weighted by molar-refractivity contribution is -0.373.